The third kappa shape index (κ3) is 3.66. The zero-order valence-corrected chi connectivity index (χ0v) is 25.7. The SMILES string of the molecule is c1ccc(-c2cccc3sc4c(-c5cccc6oc7cccc(-c8cccc9sc%10ccccc%10c89)c7c56)cccc4c23)cc1. The van der Waals surface area contributed by atoms with Crippen molar-refractivity contribution < 1.29 is 4.42 Å². The molecule has 0 aliphatic rings. The molecule has 7 aromatic carbocycles. The van der Waals surface area contributed by atoms with Crippen LogP contribution in [0.4, 0.5) is 0 Å². The van der Waals surface area contributed by atoms with Gasteiger partial charge in [-0.15, -0.1) is 22.7 Å². The Morgan fingerprint density at radius 2 is 0.844 bits per heavy atom. The Morgan fingerprint density at radius 1 is 0.333 bits per heavy atom. The van der Waals surface area contributed by atoms with Crippen LogP contribution in [-0.2, 0) is 0 Å². The van der Waals surface area contributed by atoms with Crippen LogP contribution in [0.1, 0.15) is 0 Å². The molecule has 0 fully saturated rings. The molecule has 0 aliphatic heterocycles. The van der Waals surface area contributed by atoms with Gasteiger partial charge in [0.25, 0.3) is 0 Å². The van der Waals surface area contributed by atoms with Crippen molar-refractivity contribution in [2.24, 2.45) is 0 Å². The van der Waals surface area contributed by atoms with E-state index >= 15 is 0 Å². The molecule has 3 heteroatoms. The van der Waals surface area contributed by atoms with E-state index in [1.54, 1.807) is 0 Å². The number of rotatable bonds is 3. The van der Waals surface area contributed by atoms with Crippen LogP contribution >= 0.6 is 22.7 Å². The third-order valence-electron chi connectivity index (χ3n) is 9.11. The Morgan fingerprint density at radius 3 is 1.62 bits per heavy atom. The van der Waals surface area contributed by atoms with E-state index in [0.717, 1.165) is 11.2 Å². The highest BCUT2D eigenvalue weighted by Gasteiger charge is 2.21. The highest BCUT2D eigenvalue weighted by molar-refractivity contribution is 7.26. The lowest BCUT2D eigenvalue weighted by Crippen LogP contribution is -1.84. The molecule has 0 spiro atoms. The second kappa shape index (κ2) is 9.64. The highest BCUT2D eigenvalue weighted by Crippen LogP contribution is 2.49. The monoisotopic (exact) mass is 608 g/mol. The lowest BCUT2D eigenvalue weighted by molar-refractivity contribution is 0.669. The standard InChI is InChI=1S/C42H24OS2/c1-2-11-25(12-3-1)26-14-9-24-37-38(26)32-19-6-18-30(42(32)45-37)29-16-8-21-34-41(29)40-28(15-7-20-33(40)43-34)27-17-10-23-36-39(27)31-13-4-5-22-35(31)44-36/h1-24H. The summed E-state index contributed by atoms with van der Waals surface area (Å²) < 4.78 is 11.8. The van der Waals surface area contributed by atoms with Gasteiger partial charge in [-0.3, -0.25) is 0 Å². The summed E-state index contributed by atoms with van der Waals surface area (Å²) in [6, 6.07) is 52.7. The van der Waals surface area contributed by atoms with Gasteiger partial charge in [0.05, 0.1) is 0 Å². The van der Waals surface area contributed by atoms with Gasteiger partial charge in [-0.25, -0.2) is 0 Å². The van der Waals surface area contributed by atoms with Crippen LogP contribution < -0.4 is 0 Å². The van der Waals surface area contributed by atoms with E-state index in [0.29, 0.717) is 0 Å². The molecule has 10 aromatic rings. The van der Waals surface area contributed by atoms with E-state index in [1.165, 1.54) is 84.5 Å². The average molecular weight is 609 g/mol. The van der Waals surface area contributed by atoms with Gasteiger partial charge in [0.15, 0.2) is 0 Å². The Hall–Kier alpha value is -5.22. The molecule has 1 nitrogen and oxygen atoms in total. The summed E-state index contributed by atoms with van der Waals surface area (Å²) in [7, 11) is 0. The van der Waals surface area contributed by atoms with Crippen molar-refractivity contribution in [2.45, 2.75) is 0 Å². The Bertz CT molecular complexity index is 2760. The van der Waals surface area contributed by atoms with E-state index in [-0.39, 0.29) is 0 Å². The maximum Gasteiger partial charge on any atom is 0.136 e. The molecule has 0 unspecified atom stereocenters. The minimum Gasteiger partial charge on any atom is -0.456 e. The van der Waals surface area contributed by atoms with Crippen molar-refractivity contribution >= 4 is 85.0 Å². The molecule has 10 rings (SSSR count). The van der Waals surface area contributed by atoms with Gasteiger partial charge in [0.1, 0.15) is 11.2 Å². The summed E-state index contributed by atoms with van der Waals surface area (Å²) in [5.74, 6) is 0. The van der Waals surface area contributed by atoms with E-state index in [2.05, 4.69) is 146 Å². The summed E-state index contributed by atoms with van der Waals surface area (Å²) in [6.07, 6.45) is 0. The predicted octanol–water partition coefficient (Wildman–Crippen LogP) is 13.3. The minimum absolute atomic E-state index is 0.917. The average Bonchev–Trinajstić information content (AvgIpc) is 3.79. The van der Waals surface area contributed by atoms with E-state index in [1.807, 2.05) is 22.7 Å². The van der Waals surface area contributed by atoms with E-state index in [9.17, 15) is 0 Å². The van der Waals surface area contributed by atoms with Gasteiger partial charge < -0.3 is 4.42 Å². The second-order valence-electron chi connectivity index (χ2n) is 11.6. The van der Waals surface area contributed by atoms with Crippen LogP contribution in [0.2, 0.25) is 0 Å². The van der Waals surface area contributed by atoms with Crippen molar-refractivity contribution in [1.82, 2.24) is 0 Å². The summed E-state index contributed by atoms with van der Waals surface area (Å²) in [5, 5.41) is 7.60. The molecular formula is C42H24OS2. The topological polar surface area (TPSA) is 13.1 Å². The smallest absolute Gasteiger partial charge is 0.136 e. The third-order valence-corrected chi connectivity index (χ3v) is 11.5. The second-order valence-corrected chi connectivity index (χ2v) is 13.7. The molecule has 0 atom stereocenters. The van der Waals surface area contributed by atoms with Crippen molar-refractivity contribution in [2.75, 3.05) is 0 Å². The first-order chi connectivity index (χ1) is 22.3. The molecule has 0 aliphatic carbocycles. The van der Waals surface area contributed by atoms with E-state index in [4.69, 9.17) is 4.42 Å². The van der Waals surface area contributed by atoms with Crippen molar-refractivity contribution in [3.63, 3.8) is 0 Å². The molecule has 0 saturated carbocycles. The van der Waals surface area contributed by atoms with Gasteiger partial charge in [-0.1, -0.05) is 115 Å². The first kappa shape index (κ1) is 25.1. The number of fused-ring (bicyclic) bond motifs is 9. The fourth-order valence-corrected chi connectivity index (χ4v) is 9.62. The minimum atomic E-state index is 0.917. The van der Waals surface area contributed by atoms with Crippen molar-refractivity contribution in [3.8, 4) is 33.4 Å². The van der Waals surface area contributed by atoms with Crippen LogP contribution in [-0.4, -0.2) is 0 Å². The van der Waals surface area contributed by atoms with Crippen LogP contribution in [0, 0.1) is 0 Å². The van der Waals surface area contributed by atoms with Crippen LogP contribution in [0.15, 0.2) is 150 Å². The first-order valence-electron chi connectivity index (χ1n) is 15.2. The molecule has 0 radical (unpaired) electrons. The molecule has 3 aromatic heterocycles. The van der Waals surface area contributed by atoms with Gasteiger partial charge >= 0.3 is 0 Å². The largest absolute Gasteiger partial charge is 0.456 e. The Balaban J connectivity index is 1.29. The number of hydrogen-bond donors (Lipinski definition) is 0. The quantitative estimate of drug-likeness (QED) is 0.194. The van der Waals surface area contributed by atoms with Crippen molar-refractivity contribution in [1.29, 1.82) is 0 Å². The van der Waals surface area contributed by atoms with E-state index < -0.39 is 0 Å². The summed E-state index contributed by atoms with van der Waals surface area (Å²) in [6.45, 7) is 0. The van der Waals surface area contributed by atoms with Crippen LogP contribution in [0.25, 0.3) is 95.7 Å². The van der Waals surface area contributed by atoms with Crippen LogP contribution in [0.5, 0.6) is 0 Å². The number of furan rings is 1. The molecule has 0 bridgehead atoms. The van der Waals surface area contributed by atoms with Crippen LogP contribution in [0.3, 0.4) is 0 Å². The zero-order chi connectivity index (χ0) is 29.5. The van der Waals surface area contributed by atoms with Gasteiger partial charge in [0, 0.05) is 56.7 Å². The zero-order valence-electron chi connectivity index (χ0n) is 24.1. The molecule has 45 heavy (non-hydrogen) atoms. The summed E-state index contributed by atoms with van der Waals surface area (Å²) in [4.78, 5) is 0. The van der Waals surface area contributed by atoms with Gasteiger partial charge in [-0.2, -0.15) is 0 Å². The maximum absolute atomic E-state index is 6.61. The first-order valence-corrected chi connectivity index (χ1v) is 16.8. The fraction of sp³-hybridized carbons (Fsp3) is 0. The molecular weight excluding hydrogens is 585 g/mol. The molecule has 0 amide bonds. The van der Waals surface area contributed by atoms with Gasteiger partial charge in [0.2, 0.25) is 0 Å². The Labute approximate surface area is 267 Å². The normalized spacial score (nSPS) is 12.0. The fourth-order valence-electron chi connectivity index (χ4n) is 7.23. The highest BCUT2D eigenvalue weighted by atomic mass is 32.1. The Kier molecular flexibility index (Phi) is 5.39. The lowest BCUT2D eigenvalue weighted by atomic mass is 9.92. The number of thiophene rings is 2. The molecule has 0 saturated heterocycles. The number of hydrogen-bond acceptors (Lipinski definition) is 3. The summed E-state index contributed by atoms with van der Waals surface area (Å²) in [5.41, 5.74) is 9.28. The summed E-state index contributed by atoms with van der Waals surface area (Å²) >= 11 is 3.75. The lowest BCUT2D eigenvalue weighted by Gasteiger charge is -2.10. The molecule has 3 heterocycles. The maximum atomic E-state index is 6.61. The van der Waals surface area contributed by atoms with Gasteiger partial charge in [-0.05, 0) is 58.1 Å². The number of benzene rings is 7. The molecule has 0 N–H and O–H groups in total. The molecule has 210 valence electrons. The predicted molar refractivity (Wildman–Crippen MR) is 196 cm³/mol. The van der Waals surface area contributed by atoms with Crippen molar-refractivity contribution in [3.05, 3.63) is 146 Å².